The van der Waals surface area contributed by atoms with Gasteiger partial charge in [-0.3, -0.25) is 10.4 Å². The van der Waals surface area contributed by atoms with E-state index in [9.17, 15) is 0 Å². The van der Waals surface area contributed by atoms with Crippen LogP contribution in [0.25, 0.3) is 0 Å². The lowest BCUT2D eigenvalue weighted by Gasteiger charge is -2.18. The zero-order chi connectivity index (χ0) is 10.0. The van der Waals surface area contributed by atoms with Crippen LogP contribution in [0.1, 0.15) is 30.9 Å². The van der Waals surface area contributed by atoms with Crippen LogP contribution in [0, 0.1) is 6.92 Å². The standard InChI is InChI=1S/C10H15NO2/c1-7(2)10-8(3)5-4-6-9(10)11(12)13/h4-7,12-13H,1-3H3. The van der Waals surface area contributed by atoms with Crippen molar-refractivity contribution >= 4 is 5.69 Å². The number of benzene rings is 1. The van der Waals surface area contributed by atoms with Crippen LogP contribution in [0.4, 0.5) is 5.69 Å². The summed E-state index contributed by atoms with van der Waals surface area (Å²) in [5.74, 6) is 0.276. The summed E-state index contributed by atoms with van der Waals surface area (Å²) >= 11 is 0. The molecule has 0 unspecified atom stereocenters. The molecule has 13 heavy (non-hydrogen) atoms. The molecule has 0 aliphatic carbocycles. The molecule has 1 aromatic carbocycles. The Morgan fingerprint density at radius 2 is 1.85 bits per heavy atom. The minimum Gasteiger partial charge on any atom is -0.264 e. The first-order chi connectivity index (χ1) is 6.04. The van der Waals surface area contributed by atoms with E-state index in [4.69, 9.17) is 10.4 Å². The number of hydrogen-bond donors (Lipinski definition) is 2. The van der Waals surface area contributed by atoms with Gasteiger partial charge in [0.2, 0.25) is 0 Å². The lowest BCUT2D eigenvalue weighted by atomic mass is 9.96. The fourth-order valence-corrected chi connectivity index (χ4v) is 1.59. The zero-order valence-corrected chi connectivity index (χ0v) is 8.15. The molecule has 1 aromatic rings. The van der Waals surface area contributed by atoms with E-state index in [0.29, 0.717) is 5.69 Å². The SMILES string of the molecule is Cc1cccc(N(O)O)c1C(C)C. The van der Waals surface area contributed by atoms with Gasteiger partial charge >= 0.3 is 0 Å². The highest BCUT2D eigenvalue weighted by Gasteiger charge is 2.12. The summed E-state index contributed by atoms with van der Waals surface area (Å²) in [7, 11) is 0. The Hall–Kier alpha value is -1.06. The van der Waals surface area contributed by atoms with Crippen molar-refractivity contribution in [2.45, 2.75) is 26.7 Å². The van der Waals surface area contributed by atoms with Gasteiger partial charge in [-0.1, -0.05) is 26.0 Å². The molecule has 0 amide bonds. The number of rotatable bonds is 2. The van der Waals surface area contributed by atoms with Crippen molar-refractivity contribution in [1.82, 2.24) is 0 Å². The molecule has 2 N–H and O–H groups in total. The predicted molar refractivity (Wildman–Crippen MR) is 51.3 cm³/mol. The normalized spacial score (nSPS) is 10.6. The van der Waals surface area contributed by atoms with E-state index in [-0.39, 0.29) is 11.1 Å². The first-order valence-corrected chi connectivity index (χ1v) is 4.31. The first-order valence-electron chi connectivity index (χ1n) is 4.31. The first kappa shape index (κ1) is 10.0. The minimum atomic E-state index is 0.183. The van der Waals surface area contributed by atoms with Gasteiger partial charge < -0.3 is 0 Å². The van der Waals surface area contributed by atoms with Crippen LogP contribution in [-0.2, 0) is 0 Å². The van der Waals surface area contributed by atoms with E-state index >= 15 is 0 Å². The van der Waals surface area contributed by atoms with Crippen molar-refractivity contribution in [3.63, 3.8) is 0 Å². The van der Waals surface area contributed by atoms with Crippen LogP contribution in [0.15, 0.2) is 18.2 Å². The van der Waals surface area contributed by atoms with E-state index < -0.39 is 0 Å². The second kappa shape index (κ2) is 3.77. The zero-order valence-electron chi connectivity index (χ0n) is 8.15. The van der Waals surface area contributed by atoms with Gasteiger partial charge in [0, 0.05) is 0 Å². The summed E-state index contributed by atoms with van der Waals surface area (Å²) in [6.45, 7) is 6.01. The summed E-state index contributed by atoms with van der Waals surface area (Å²) in [4.78, 5) is 0. The number of aryl methyl sites for hydroxylation is 1. The van der Waals surface area contributed by atoms with Crippen molar-refractivity contribution in [3.05, 3.63) is 29.3 Å². The van der Waals surface area contributed by atoms with Crippen LogP contribution >= 0.6 is 0 Å². The van der Waals surface area contributed by atoms with Crippen molar-refractivity contribution in [2.24, 2.45) is 0 Å². The molecule has 0 spiro atoms. The maximum absolute atomic E-state index is 8.97. The summed E-state index contributed by atoms with van der Waals surface area (Å²) < 4.78 is 0. The Balaban J connectivity index is 3.26. The smallest absolute Gasteiger partial charge is 0.0979 e. The maximum Gasteiger partial charge on any atom is 0.0979 e. The molecule has 72 valence electrons. The second-order valence-corrected chi connectivity index (χ2v) is 3.45. The van der Waals surface area contributed by atoms with Crippen LogP contribution in [0.5, 0.6) is 0 Å². The summed E-state index contributed by atoms with van der Waals surface area (Å²) in [6.07, 6.45) is 0. The van der Waals surface area contributed by atoms with E-state index in [2.05, 4.69) is 0 Å². The molecule has 0 radical (unpaired) electrons. The average Bonchev–Trinajstić information content (AvgIpc) is 2.02. The van der Waals surface area contributed by atoms with E-state index in [1.165, 1.54) is 0 Å². The van der Waals surface area contributed by atoms with E-state index in [1.807, 2.05) is 26.8 Å². The predicted octanol–water partition coefficient (Wildman–Crippen LogP) is 2.70. The van der Waals surface area contributed by atoms with Gasteiger partial charge in [0.15, 0.2) is 0 Å². The fraction of sp³-hybridized carbons (Fsp3) is 0.400. The van der Waals surface area contributed by atoms with E-state index in [0.717, 1.165) is 11.1 Å². The van der Waals surface area contributed by atoms with Crippen LogP contribution < -0.4 is 5.23 Å². The highest BCUT2D eigenvalue weighted by atomic mass is 16.8. The van der Waals surface area contributed by atoms with Crippen molar-refractivity contribution in [2.75, 3.05) is 5.23 Å². The third-order valence-electron chi connectivity index (χ3n) is 2.09. The summed E-state index contributed by atoms with van der Waals surface area (Å²) in [6, 6.07) is 5.45. The Morgan fingerprint density at radius 1 is 1.23 bits per heavy atom. The minimum absolute atomic E-state index is 0.183. The monoisotopic (exact) mass is 181 g/mol. The second-order valence-electron chi connectivity index (χ2n) is 3.45. The van der Waals surface area contributed by atoms with Gasteiger partial charge in [-0.05, 0) is 30.0 Å². The van der Waals surface area contributed by atoms with Gasteiger partial charge in [-0.15, -0.1) is 5.23 Å². The van der Waals surface area contributed by atoms with Crippen molar-refractivity contribution in [1.29, 1.82) is 0 Å². The molecule has 1 rings (SSSR count). The molecular formula is C10H15NO2. The van der Waals surface area contributed by atoms with Crippen LogP contribution in [0.3, 0.4) is 0 Å². The van der Waals surface area contributed by atoms with Gasteiger partial charge in [0.05, 0.1) is 5.69 Å². The molecule has 0 saturated carbocycles. The molecule has 0 atom stereocenters. The maximum atomic E-state index is 8.97. The summed E-state index contributed by atoms with van der Waals surface area (Å²) in [5.41, 5.74) is 2.49. The summed E-state index contributed by atoms with van der Waals surface area (Å²) in [5, 5.41) is 18.1. The van der Waals surface area contributed by atoms with Crippen LogP contribution in [0.2, 0.25) is 0 Å². The number of hydrogen-bond acceptors (Lipinski definition) is 3. The van der Waals surface area contributed by atoms with Crippen molar-refractivity contribution in [3.8, 4) is 0 Å². The topological polar surface area (TPSA) is 43.7 Å². The van der Waals surface area contributed by atoms with Gasteiger partial charge in [0.1, 0.15) is 0 Å². The molecule has 3 heteroatoms. The Kier molecular flexibility index (Phi) is 2.90. The number of anilines is 1. The van der Waals surface area contributed by atoms with Crippen molar-refractivity contribution < 1.29 is 10.4 Å². The van der Waals surface area contributed by atoms with E-state index in [1.54, 1.807) is 12.1 Å². The molecule has 0 aromatic heterocycles. The molecule has 0 aliphatic heterocycles. The Morgan fingerprint density at radius 3 is 2.23 bits per heavy atom. The quantitative estimate of drug-likeness (QED) is 0.689. The highest BCUT2D eigenvalue weighted by molar-refractivity contribution is 5.54. The average molecular weight is 181 g/mol. The largest absolute Gasteiger partial charge is 0.264 e. The number of nitrogens with zero attached hydrogens (tertiary/aromatic N) is 1. The fourth-order valence-electron chi connectivity index (χ4n) is 1.59. The lowest BCUT2D eigenvalue weighted by Crippen LogP contribution is -2.14. The molecule has 0 aliphatic rings. The molecule has 0 fully saturated rings. The molecule has 0 bridgehead atoms. The van der Waals surface area contributed by atoms with Crippen LogP contribution in [-0.4, -0.2) is 10.4 Å². The Bertz CT molecular complexity index is 295. The third kappa shape index (κ3) is 1.99. The lowest BCUT2D eigenvalue weighted by molar-refractivity contribution is 0.0285. The third-order valence-corrected chi connectivity index (χ3v) is 2.09. The van der Waals surface area contributed by atoms with Gasteiger partial charge in [0.25, 0.3) is 0 Å². The molecular weight excluding hydrogens is 166 g/mol. The van der Waals surface area contributed by atoms with Gasteiger partial charge in [-0.2, -0.15) is 0 Å². The molecule has 0 heterocycles. The molecule has 3 nitrogen and oxygen atoms in total. The molecule has 0 saturated heterocycles. The van der Waals surface area contributed by atoms with Gasteiger partial charge in [-0.25, -0.2) is 0 Å². The Labute approximate surface area is 78.1 Å². The highest BCUT2D eigenvalue weighted by Crippen LogP contribution is 2.28.